The third-order valence-corrected chi connectivity index (χ3v) is 4.39. The summed E-state index contributed by atoms with van der Waals surface area (Å²) in [5.41, 5.74) is 6.88. The average molecular weight is 354 g/mol. The van der Waals surface area contributed by atoms with Crippen LogP contribution in [0, 0.1) is 5.92 Å². The topological polar surface area (TPSA) is 81.8 Å². The van der Waals surface area contributed by atoms with Crippen LogP contribution in [0.1, 0.15) is 31.7 Å². The molecule has 2 aromatic rings. The smallest absolute Gasteiger partial charge is 0.219 e. The minimum absolute atomic E-state index is 0.489. The molecule has 1 aliphatic carbocycles. The number of nitrogens with one attached hydrogen (secondary N) is 1. The van der Waals surface area contributed by atoms with Crippen LogP contribution in [-0.4, -0.2) is 24.1 Å². The van der Waals surface area contributed by atoms with Crippen LogP contribution >= 0.6 is 0 Å². The molecule has 1 aromatic heterocycles. The summed E-state index contributed by atoms with van der Waals surface area (Å²) in [4.78, 5) is 8.70. The van der Waals surface area contributed by atoms with Crippen molar-refractivity contribution < 1.29 is 9.47 Å². The Bertz CT molecular complexity index is 727. The maximum absolute atomic E-state index is 5.91. The third kappa shape index (κ3) is 5.12. The molecule has 26 heavy (non-hydrogen) atoms. The number of para-hydroxylation sites is 2. The summed E-state index contributed by atoms with van der Waals surface area (Å²) in [6.07, 6.45) is 5.66. The fraction of sp³-hybridized carbons (Fsp3) is 0.400. The monoisotopic (exact) mass is 354 g/mol. The number of guanidine groups is 1. The zero-order valence-corrected chi connectivity index (χ0v) is 15.1. The van der Waals surface area contributed by atoms with Gasteiger partial charge in [-0.3, -0.25) is 0 Å². The highest BCUT2D eigenvalue weighted by molar-refractivity contribution is 5.77. The Balaban J connectivity index is 1.53. The standard InChI is InChI=1S/C20H26N4O2/c1-2-25-17-8-3-4-9-18(17)26-19-11-10-16(13-22-19)14-24-20(21)23-12-15-6-5-7-15/h3-4,8-11,13,15H,2,5-7,12,14H2,1H3,(H3,21,23,24). The van der Waals surface area contributed by atoms with Gasteiger partial charge in [-0.15, -0.1) is 0 Å². The van der Waals surface area contributed by atoms with Crippen LogP contribution in [0.5, 0.6) is 17.4 Å². The first-order chi connectivity index (χ1) is 12.7. The molecule has 0 spiro atoms. The molecule has 6 heteroatoms. The summed E-state index contributed by atoms with van der Waals surface area (Å²) >= 11 is 0. The highest BCUT2D eigenvalue weighted by Gasteiger charge is 2.16. The number of aliphatic imine (C=N–C) groups is 1. The van der Waals surface area contributed by atoms with E-state index in [1.54, 1.807) is 6.20 Å². The van der Waals surface area contributed by atoms with Gasteiger partial charge in [0.1, 0.15) is 0 Å². The Morgan fingerprint density at radius 1 is 1.23 bits per heavy atom. The van der Waals surface area contributed by atoms with Crippen molar-refractivity contribution in [3.63, 3.8) is 0 Å². The molecule has 1 saturated carbocycles. The van der Waals surface area contributed by atoms with Crippen LogP contribution in [0.2, 0.25) is 0 Å². The Morgan fingerprint density at radius 2 is 2.04 bits per heavy atom. The Morgan fingerprint density at radius 3 is 2.69 bits per heavy atom. The van der Waals surface area contributed by atoms with Crippen molar-refractivity contribution in [2.75, 3.05) is 13.2 Å². The van der Waals surface area contributed by atoms with E-state index in [0.717, 1.165) is 18.0 Å². The van der Waals surface area contributed by atoms with Crippen LogP contribution in [0.25, 0.3) is 0 Å². The van der Waals surface area contributed by atoms with Crippen LogP contribution in [0.3, 0.4) is 0 Å². The molecule has 1 fully saturated rings. The van der Waals surface area contributed by atoms with Gasteiger partial charge in [0.2, 0.25) is 5.88 Å². The van der Waals surface area contributed by atoms with Gasteiger partial charge in [-0.05, 0) is 43.4 Å². The quantitative estimate of drug-likeness (QED) is 0.560. The number of benzene rings is 1. The van der Waals surface area contributed by atoms with Gasteiger partial charge in [0.15, 0.2) is 17.5 Å². The lowest BCUT2D eigenvalue weighted by Crippen LogP contribution is -2.37. The lowest BCUT2D eigenvalue weighted by Gasteiger charge is -2.25. The van der Waals surface area contributed by atoms with Gasteiger partial charge < -0.3 is 20.5 Å². The van der Waals surface area contributed by atoms with E-state index in [0.29, 0.717) is 36.5 Å². The van der Waals surface area contributed by atoms with E-state index in [2.05, 4.69) is 15.3 Å². The largest absolute Gasteiger partial charge is 0.490 e. The van der Waals surface area contributed by atoms with Crippen molar-refractivity contribution in [2.45, 2.75) is 32.7 Å². The average Bonchev–Trinajstić information content (AvgIpc) is 2.62. The molecule has 0 amide bonds. The van der Waals surface area contributed by atoms with E-state index in [1.807, 2.05) is 43.3 Å². The number of rotatable bonds is 8. The molecule has 3 N–H and O–H groups in total. The fourth-order valence-corrected chi connectivity index (χ4v) is 2.66. The Labute approximate surface area is 154 Å². The molecule has 1 heterocycles. The van der Waals surface area contributed by atoms with Crippen molar-refractivity contribution in [3.8, 4) is 17.4 Å². The van der Waals surface area contributed by atoms with E-state index in [4.69, 9.17) is 15.2 Å². The molecule has 6 nitrogen and oxygen atoms in total. The Hall–Kier alpha value is -2.76. The summed E-state index contributed by atoms with van der Waals surface area (Å²) in [5, 5.41) is 3.19. The highest BCUT2D eigenvalue weighted by atomic mass is 16.5. The minimum atomic E-state index is 0.489. The van der Waals surface area contributed by atoms with Crippen molar-refractivity contribution in [3.05, 3.63) is 48.2 Å². The van der Waals surface area contributed by atoms with E-state index in [9.17, 15) is 0 Å². The van der Waals surface area contributed by atoms with Gasteiger partial charge in [0.25, 0.3) is 0 Å². The van der Waals surface area contributed by atoms with Crippen molar-refractivity contribution >= 4 is 5.96 Å². The van der Waals surface area contributed by atoms with Gasteiger partial charge in [0, 0.05) is 18.8 Å². The van der Waals surface area contributed by atoms with E-state index in [1.165, 1.54) is 19.3 Å². The molecule has 0 bridgehead atoms. The zero-order valence-electron chi connectivity index (χ0n) is 15.1. The molecule has 0 unspecified atom stereocenters. The first-order valence-corrected chi connectivity index (χ1v) is 9.13. The second-order valence-corrected chi connectivity index (χ2v) is 6.37. The van der Waals surface area contributed by atoms with Crippen molar-refractivity contribution in [1.82, 2.24) is 10.3 Å². The highest BCUT2D eigenvalue weighted by Crippen LogP contribution is 2.30. The second-order valence-electron chi connectivity index (χ2n) is 6.37. The van der Waals surface area contributed by atoms with Crippen molar-refractivity contribution in [1.29, 1.82) is 0 Å². The van der Waals surface area contributed by atoms with Gasteiger partial charge in [0.05, 0.1) is 13.2 Å². The number of pyridine rings is 1. The minimum Gasteiger partial charge on any atom is -0.490 e. The molecule has 0 radical (unpaired) electrons. The number of aromatic nitrogens is 1. The lowest BCUT2D eigenvalue weighted by atomic mass is 9.85. The number of nitrogens with zero attached hydrogens (tertiary/aromatic N) is 2. The predicted octanol–water partition coefficient (Wildman–Crippen LogP) is 3.48. The van der Waals surface area contributed by atoms with Crippen LogP contribution < -0.4 is 20.5 Å². The summed E-state index contributed by atoms with van der Waals surface area (Å²) < 4.78 is 11.4. The molecular weight excluding hydrogens is 328 g/mol. The van der Waals surface area contributed by atoms with Crippen molar-refractivity contribution in [2.24, 2.45) is 16.6 Å². The maximum Gasteiger partial charge on any atom is 0.219 e. The molecule has 1 aromatic carbocycles. The molecule has 0 aliphatic heterocycles. The fourth-order valence-electron chi connectivity index (χ4n) is 2.66. The van der Waals surface area contributed by atoms with Crippen LogP contribution in [-0.2, 0) is 6.54 Å². The lowest BCUT2D eigenvalue weighted by molar-refractivity contribution is 0.315. The Kier molecular flexibility index (Phi) is 6.30. The van der Waals surface area contributed by atoms with E-state index in [-0.39, 0.29) is 0 Å². The molecule has 3 rings (SSSR count). The number of nitrogens with two attached hydrogens (primary N) is 1. The van der Waals surface area contributed by atoms with E-state index < -0.39 is 0 Å². The maximum atomic E-state index is 5.91. The first-order valence-electron chi connectivity index (χ1n) is 9.13. The number of hydrogen-bond acceptors (Lipinski definition) is 4. The van der Waals surface area contributed by atoms with Crippen LogP contribution in [0.15, 0.2) is 47.6 Å². The van der Waals surface area contributed by atoms with Gasteiger partial charge >= 0.3 is 0 Å². The van der Waals surface area contributed by atoms with E-state index >= 15 is 0 Å². The summed E-state index contributed by atoms with van der Waals surface area (Å²) in [5.74, 6) is 3.11. The van der Waals surface area contributed by atoms with Gasteiger partial charge in [-0.2, -0.15) is 0 Å². The normalized spacial score (nSPS) is 14.6. The third-order valence-electron chi connectivity index (χ3n) is 4.39. The molecule has 0 saturated heterocycles. The molecular formula is C20H26N4O2. The first kappa shape index (κ1) is 18.0. The second kappa shape index (κ2) is 9.08. The van der Waals surface area contributed by atoms with Gasteiger partial charge in [-0.1, -0.05) is 24.6 Å². The number of ether oxygens (including phenoxy) is 2. The SMILES string of the molecule is CCOc1ccccc1Oc1ccc(CN=C(N)NCC2CCC2)cn1. The molecule has 0 atom stereocenters. The summed E-state index contributed by atoms with van der Waals surface area (Å²) in [6, 6.07) is 11.3. The molecule has 1 aliphatic rings. The predicted molar refractivity (Wildman–Crippen MR) is 103 cm³/mol. The van der Waals surface area contributed by atoms with Crippen LogP contribution in [0.4, 0.5) is 0 Å². The summed E-state index contributed by atoms with van der Waals surface area (Å²) in [7, 11) is 0. The summed E-state index contributed by atoms with van der Waals surface area (Å²) in [6.45, 7) is 3.93. The van der Waals surface area contributed by atoms with Gasteiger partial charge in [-0.25, -0.2) is 9.98 Å². The number of hydrogen-bond donors (Lipinski definition) is 2. The molecule has 138 valence electrons. The zero-order chi connectivity index (χ0) is 18.2.